The van der Waals surface area contributed by atoms with Gasteiger partial charge < -0.3 is 11.1 Å². The summed E-state index contributed by atoms with van der Waals surface area (Å²) in [6, 6.07) is -0.0694. The van der Waals surface area contributed by atoms with Crippen molar-refractivity contribution >= 4 is 5.91 Å². The number of hydrogen-bond donors (Lipinski definition) is 2. The summed E-state index contributed by atoms with van der Waals surface area (Å²) in [6.45, 7) is 5.89. The molecule has 1 amide bonds. The first-order valence-corrected chi connectivity index (χ1v) is 5.52. The Bertz CT molecular complexity index is 207. The van der Waals surface area contributed by atoms with Crippen LogP contribution in [0.15, 0.2) is 0 Å². The number of hydrogen-bond acceptors (Lipinski definition) is 2. The van der Waals surface area contributed by atoms with Crippen molar-refractivity contribution in [1.82, 2.24) is 5.32 Å². The SMILES string of the molecule is CC(N)C(C)C(=O)NC1(C)CCCC1. The van der Waals surface area contributed by atoms with Crippen molar-refractivity contribution in [3.63, 3.8) is 0 Å². The quantitative estimate of drug-likeness (QED) is 0.720. The highest BCUT2D eigenvalue weighted by atomic mass is 16.2. The van der Waals surface area contributed by atoms with Gasteiger partial charge in [-0.1, -0.05) is 19.8 Å². The van der Waals surface area contributed by atoms with Crippen molar-refractivity contribution in [2.24, 2.45) is 11.7 Å². The van der Waals surface area contributed by atoms with E-state index in [2.05, 4.69) is 12.2 Å². The van der Waals surface area contributed by atoms with Crippen LogP contribution in [0.1, 0.15) is 46.5 Å². The van der Waals surface area contributed by atoms with Gasteiger partial charge in [0.1, 0.15) is 0 Å². The summed E-state index contributed by atoms with van der Waals surface area (Å²) in [7, 11) is 0. The lowest BCUT2D eigenvalue weighted by atomic mass is 9.97. The molecule has 0 radical (unpaired) electrons. The molecule has 0 saturated heterocycles. The molecule has 82 valence electrons. The molecule has 0 heterocycles. The minimum absolute atomic E-state index is 0.0280. The molecule has 0 aromatic heterocycles. The van der Waals surface area contributed by atoms with E-state index in [0.29, 0.717) is 0 Å². The molecular formula is C11H22N2O. The molecule has 0 aromatic rings. The van der Waals surface area contributed by atoms with Crippen molar-refractivity contribution in [1.29, 1.82) is 0 Å². The molecule has 2 unspecified atom stereocenters. The van der Waals surface area contributed by atoms with E-state index in [9.17, 15) is 4.79 Å². The average molecular weight is 198 g/mol. The van der Waals surface area contributed by atoms with Gasteiger partial charge in [-0.15, -0.1) is 0 Å². The minimum Gasteiger partial charge on any atom is -0.351 e. The van der Waals surface area contributed by atoms with E-state index in [1.807, 2.05) is 13.8 Å². The molecule has 3 N–H and O–H groups in total. The van der Waals surface area contributed by atoms with Crippen molar-refractivity contribution in [2.75, 3.05) is 0 Å². The van der Waals surface area contributed by atoms with Crippen molar-refractivity contribution < 1.29 is 4.79 Å². The van der Waals surface area contributed by atoms with Crippen LogP contribution in [-0.2, 0) is 4.79 Å². The highest BCUT2D eigenvalue weighted by Crippen LogP contribution is 2.29. The molecule has 0 bridgehead atoms. The van der Waals surface area contributed by atoms with E-state index in [0.717, 1.165) is 12.8 Å². The Kier molecular flexibility index (Phi) is 3.53. The highest BCUT2D eigenvalue weighted by molar-refractivity contribution is 5.79. The summed E-state index contributed by atoms with van der Waals surface area (Å²) in [5.41, 5.74) is 5.72. The average Bonchev–Trinajstić information content (AvgIpc) is 2.50. The van der Waals surface area contributed by atoms with Gasteiger partial charge in [-0.2, -0.15) is 0 Å². The molecule has 0 spiro atoms. The lowest BCUT2D eigenvalue weighted by Gasteiger charge is -2.28. The Morgan fingerprint density at radius 1 is 1.36 bits per heavy atom. The fourth-order valence-corrected chi connectivity index (χ4v) is 1.93. The van der Waals surface area contributed by atoms with Crippen LogP contribution in [-0.4, -0.2) is 17.5 Å². The van der Waals surface area contributed by atoms with Gasteiger partial charge in [0.15, 0.2) is 0 Å². The molecule has 14 heavy (non-hydrogen) atoms. The molecule has 1 aliphatic carbocycles. The lowest BCUT2D eigenvalue weighted by Crippen LogP contribution is -2.48. The Hall–Kier alpha value is -0.570. The third kappa shape index (κ3) is 2.71. The lowest BCUT2D eigenvalue weighted by molar-refractivity contribution is -0.126. The molecule has 2 atom stereocenters. The molecule has 3 nitrogen and oxygen atoms in total. The second-order valence-electron chi connectivity index (χ2n) is 4.90. The Labute approximate surface area is 86.4 Å². The third-order valence-corrected chi connectivity index (χ3v) is 3.33. The first-order chi connectivity index (χ1) is 6.44. The van der Waals surface area contributed by atoms with Gasteiger partial charge in [-0.25, -0.2) is 0 Å². The van der Waals surface area contributed by atoms with Gasteiger partial charge in [0, 0.05) is 17.5 Å². The maximum Gasteiger partial charge on any atom is 0.224 e. The van der Waals surface area contributed by atoms with Gasteiger partial charge in [0.25, 0.3) is 0 Å². The van der Waals surface area contributed by atoms with Crippen LogP contribution in [0.4, 0.5) is 0 Å². The molecule has 1 fully saturated rings. The number of carbonyl (C=O) groups excluding carboxylic acids is 1. The molecule has 1 rings (SSSR count). The summed E-state index contributed by atoms with van der Waals surface area (Å²) >= 11 is 0. The van der Waals surface area contributed by atoms with Crippen LogP contribution in [0, 0.1) is 5.92 Å². The van der Waals surface area contributed by atoms with Crippen LogP contribution in [0.3, 0.4) is 0 Å². The maximum atomic E-state index is 11.8. The summed E-state index contributed by atoms with van der Waals surface area (Å²) in [6.07, 6.45) is 4.65. The van der Waals surface area contributed by atoms with Gasteiger partial charge >= 0.3 is 0 Å². The number of nitrogens with two attached hydrogens (primary N) is 1. The Morgan fingerprint density at radius 3 is 2.29 bits per heavy atom. The summed E-state index contributed by atoms with van der Waals surface area (Å²) in [4.78, 5) is 11.8. The van der Waals surface area contributed by atoms with Crippen LogP contribution < -0.4 is 11.1 Å². The molecule has 0 aromatic carbocycles. The molecule has 1 saturated carbocycles. The van der Waals surface area contributed by atoms with E-state index in [4.69, 9.17) is 5.73 Å². The Morgan fingerprint density at radius 2 is 1.86 bits per heavy atom. The highest BCUT2D eigenvalue weighted by Gasteiger charge is 2.31. The van der Waals surface area contributed by atoms with Gasteiger partial charge in [0.05, 0.1) is 0 Å². The van der Waals surface area contributed by atoms with Gasteiger partial charge in [-0.05, 0) is 26.7 Å². The van der Waals surface area contributed by atoms with Crippen LogP contribution >= 0.6 is 0 Å². The van der Waals surface area contributed by atoms with Gasteiger partial charge in [-0.3, -0.25) is 4.79 Å². The van der Waals surface area contributed by atoms with E-state index in [1.165, 1.54) is 12.8 Å². The number of carbonyl (C=O) groups is 1. The molecular weight excluding hydrogens is 176 g/mol. The fraction of sp³-hybridized carbons (Fsp3) is 0.909. The minimum atomic E-state index is -0.0903. The number of rotatable bonds is 3. The van der Waals surface area contributed by atoms with Gasteiger partial charge in [0.2, 0.25) is 5.91 Å². The second-order valence-corrected chi connectivity index (χ2v) is 4.90. The van der Waals surface area contributed by atoms with Crippen molar-refractivity contribution in [3.05, 3.63) is 0 Å². The predicted molar refractivity (Wildman–Crippen MR) is 57.8 cm³/mol. The van der Waals surface area contributed by atoms with E-state index >= 15 is 0 Å². The first kappa shape index (κ1) is 11.5. The fourth-order valence-electron chi connectivity index (χ4n) is 1.93. The zero-order chi connectivity index (χ0) is 10.8. The van der Waals surface area contributed by atoms with Crippen molar-refractivity contribution in [3.8, 4) is 0 Å². The second kappa shape index (κ2) is 4.30. The first-order valence-electron chi connectivity index (χ1n) is 5.52. The van der Waals surface area contributed by atoms with E-state index in [-0.39, 0.29) is 23.4 Å². The van der Waals surface area contributed by atoms with E-state index in [1.54, 1.807) is 0 Å². The summed E-state index contributed by atoms with van der Waals surface area (Å²) in [5, 5.41) is 3.12. The maximum absolute atomic E-state index is 11.8. The zero-order valence-corrected chi connectivity index (χ0v) is 9.47. The predicted octanol–water partition coefficient (Wildman–Crippen LogP) is 1.42. The molecule has 0 aliphatic heterocycles. The monoisotopic (exact) mass is 198 g/mol. The van der Waals surface area contributed by atoms with Crippen LogP contribution in [0.2, 0.25) is 0 Å². The summed E-state index contributed by atoms with van der Waals surface area (Å²) < 4.78 is 0. The van der Waals surface area contributed by atoms with Crippen LogP contribution in [0.5, 0.6) is 0 Å². The largest absolute Gasteiger partial charge is 0.351 e. The normalized spacial score (nSPS) is 24.3. The van der Waals surface area contributed by atoms with Crippen molar-refractivity contribution in [2.45, 2.75) is 58.0 Å². The number of nitrogens with one attached hydrogen (secondary N) is 1. The number of amides is 1. The summed E-state index contributed by atoms with van der Waals surface area (Å²) in [5.74, 6) is 0.0109. The Balaban J connectivity index is 2.47. The molecule has 1 aliphatic rings. The molecule has 3 heteroatoms. The smallest absolute Gasteiger partial charge is 0.224 e. The third-order valence-electron chi connectivity index (χ3n) is 3.33. The van der Waals surface area contributed by atoms with E-state index < -0.39 is 0 Å². The standard InChI is InChI=1S/C11H22N2O/c1-8(9(2)12)10(14)13-11(3)6-4-5-7-11/h8-9H,4-7,12H2,1-3H3,(H,13,14). The zero-order valence-electron chi connectivity index (χ0n) is 9.47. The van der Waals surface area contributed by atoms with Crippen LogP contribution in [0.25, 0.3) is 0 Å². The topological polar surface area (TPSA) is 55.1 Å².